The number of rotatable bonds is 0. The molecule has 0 radical (unpaired) electrons. The maximum absolute atomic E-state index is 5.95. The van der Waals surface area contributed by atoms with Gasteiger partial charge in [0.25, 0.3) is 0 Å². The fourth-order valence-corrected chi connectivity index (χ4v) is 2.26. The molecule has 72 valence electrons. The number of hydrogen-bond donors (Lipinski definition) is 1. The van der Waals surface area contributed by atoms with Crippen LogP contribution in [0.5, 0.6) is 0 Å². The third kappa shape index (κ3) is 1.93. The van der Waals surface area contributed by atoms with Crippen molar-refractivity contribution in [3.8, 4) is 0 Å². The summed E-state index contributed by atoms with van der Waals surface area (Å²) >= 11 is 0. The number of nitrogens with one attached hydrogen (secondary N) is 1. The van der Waals surface area contributed by atoms with E-state index in [1.54, 1.807) is 0 Å². The van der Waals surface area contributed by atoms with E-state index in [9.17, 15) is 0 Å². The molecule has 2 rings (SSSR count). The SMILES string of the molecule is CC1CCC2(CCNCC2)O1.Cl. The molecule has 2 aliphatic rings. The van der Waals surface area contributed by atoms with Crippen molar-refractivity contribution in [1.82, 2.24) is 5.32 Å². The Morgan fingerprint density at radius 1 is 1.25 bits per heavy atom. The van der Waals surface area contributed by atoms with Gasteiger partial charge in [0.1, 0.15) is 0 Å². The summed E-state index contributed by atoms with van der Waals surface area (Å²) in [5.41, 5.74) is 0.282. The fourth-order valence-electron chi connectivity index (χ4n) is 2.26. The number of halogens is 1. The highest BCUT2D eigenvalue weighted by Gasteiger charge is 2.38. The summed E-state index contributed by atoms with van der Waals surface area (Å²) in [5.74, 6) is 0. The second-order valence-electron chi connectivity index (χ2n) is 3.90. The first-order valence-corrected chi connectivity index (χ1v) is 4.69. The molecule has 2 aliphatic heterocycles. The minimum atomic E-state index is 0. The molecule has 2 fully saturated rings. The van der Waals surface area contributed by atoms with Crippen molar-refractivity contribution in [3.05, 3.63) is 0 Å². The first-order valence-electron chi connectivity index (χ1n) is 4.69. The predicted octanol–water partition coefficient (Wildman–Crippen LogP) is 1.73. The average molecular weight is 192 g/mol. The first kappa shape index (κ1) is 10.3. The van der Waals surface area contributed by atoms with Crippen LogP contribution < -0.4 is 5.32 Å². The molecule has 3 heteroatoms. The molecule has 0 amide bonds. The van der Waals surface area contributed by atoms with Crippen molar-refractivity contribution in [2.24, 2.45) is 0 Å². The fraction of sp³-hybridized carbons (Fsp3) is 1.00. The number of hydrogen-bond acceptors (Lipinski definition) is 2. The van der Waals surface area contributed by atoms with Gasteiger partial charge in [-0.25, -0.2) is 0 Å². The summed E-state index contributed by atoms with van der Waals surface area (Å²) in [6, 6.07) is 0. The molecular weight excluding hydrogens is 174 g/mol. The van der Waals surface area contributed by atoms with Gasteiger partial charge in [0.15, 0.2) is 0 Å². The van der Waals surface area contributed by atoms with Crippen LogP contribution >= 0.6 is 12.4 Å². The van der Waals surface area contributed by atoms with E-state index in [1.807, 2.05) is 0 Å². The maximum atomic E-state index is 5.95. The van der Waals surface area contributed by atoms with E-state index in [2.05, 4.69) is 12.2 Å². The summed E-state index contributed by atoms with van der Waals surface area (Å²) in [7, 11) is 0. The standard InChI is InChI=1S/C9H17NO.ClH/c1-8-2-3-9(11-8)4-6-10-7-5-9;/h8,10H,2-7H2,1H3;1H. The van der Waals surface area contributed by atoms with Gasteiger partial charge in [0.2, 0.25) is 0 Å². The Labute approximate surface area is 80.5 Å². The van der Waals surface area contributed by atoms with Crippen LogP contribution in [0.1, 0.15) is 32.6 Å². The lowest BCUT2D eigenvalue weighted by Gasteiger charge is -2.33. The zero-order chi connectivity index (χ0) is 7.73. The minimum absolute atomic E-state index is 0. The van der Waals surface area contributed by atoms with E-state index in [4.69, 9.17) is 4.74 Å². The highest BCUT2D eigenvalue weighted by atomic mass is 35.5. The van der Waals surface area contributed by atoms with Crippen molar-refractivity contribution < 1.29 is 4.74 Å². The van der Waals surface area contributed by atoms with E-state index < -0.39 is 0 Å². The molecule has 1 N–H and O–H groups in total. The summed E-state index contributed by atoms with van der Waals surface area (Å²) in [4.78, 5) is 0. The molecule has 1 atom stereocenters. The topological polar surface area (TPSA) is 21.3 Å². The smallest absolute Gasteiger partial charge is 0.0711 e. The third-order valence-corrected chi connectivity index (χ3v) is 2.97. The van der Waals surface area contributed by atoms with Crippen LogP contribution in [-0.2, 0) is 4.74 Å². The molecule has 2 heterocycles. The van der Waals surface area contributed by atoms with Gasteiger partial charge in [0, 0.05) is 0 Å². The Kier molecular flexibility index (Phi) is 3.38. The van der Waals surface area contributed by atoms with E-state index in [0.29, 0.717) is 6.10 Å². The zero-order valence-electron chi connectivity index (χ0n) is 7.64. The second kappa shape index (κ2) is 3.95. The molecule has 2 nitrogen and oxygen atoms in total. The lowest BCUT2D eigenvalue weighted by Crippen LogP contribution is -2.41. The highest BCUT2D eigenvalue weighted by Crippen LogP contribution is 2.36. The maximum Gasteiger partial charge on any atom is 0.0711 e. The van der Waals surface area contributed by atoms with Crippen LogP contribution in [0.4, 0.5) is 0 Å². The molecule has 0 aliphatic carbocycles. The Bertz CT molecular complexity index is 140. The lowest BCUT2D eigenvalue weighted by atomic mass is 9.89. The van der Waals surface area contributed by atoms with Crippen LogP contribution in [0.25, 0.3) is 0 Å². The largest absolute Gasteiger partial charge is 0.372 e. The molecule has 1 spiro atoms. The van der Waals surface area contributed by atoms with Crippen molar-refractivity contribution in [1.29, 1.82) is 0 Å². The molecule has 12 heavy (non-hydrogen) atoms. The summed E-state index contributed by atoms with van der Waals surface area (Å²) < 4.78 is 5.95. The molecule has 0 aromatic heterocycles. The predicted molar refractivity (Wildman–Crippen MR) is 51.9 cm³/mol. The number of ether oxygens (including phenoxy) is 1. The van der Waals surface area contributed by atoms with Gasteiger partial charge in [-0.2, -0.15) is 0 Å². The number of piperidine rings is 1. The van der Waals surface area contributed by atoms with Gasteiger partial charge in [-0.3, -0.25) is 0 Å². The zero-order valence-corrected chi connectivity index (χ0v) is 8.45. The van der Waals surface area contributed by atoms with Crippen molar-refractivity contribution in [2.45, 2.75) is 44.3 Å². The second-order valence-corrected chi connectivity index (χ2v) is 3.90. The Morgan fingerprint density at radius 2 is 1.92 bits per heavy atom. The molecule has 0 aromatic rings. The van der Waals surface area contributed by atoms with Gasteiger partial charge in [-0.15, -0.1) is 12.4 Å². The summed E-state index contributed by atoms with van der Waals surface area (Å²) in [6.45, 7) is 4.48. The van der Waals surface area contributed by atoms with Gasteiger partial charge >= 0.3 is 0 Å². The Morgan fingerprint density at radius 3 is 2.42 bits per heavy atom. The molecule has 1 unspecified atom stereocenters. The Hall–Kier alpha value is 0.210. The van der Waals surface area contributed by atoms with E-state index >= 15 is 0 Å². The first-order chi connectivity index (χ1) is 5.31. The van der Waals surface area contributed by atoms with Crippen LogP contribution in [-0.4, -0.2) is 24.8 Å². The van der Waals surface area contributed by atoms with Crippen molar-refractivity contribution in [3.63, 3.8) is 0 Å². The monoisotopic (exact) mass is 191 g/mol. The van der Waals surface area contributed by atoms with E-state index in [1.165, 1.54) is 25.7 Å². The quantitative estimate of drug-likeness (QED) is 0.630. The Balaban J connectivity index is 0.000000720. The average Bonchev–Trinajstić information content (AvgIpc) is 2.34. The van der Waals surface area contributed by atoms with Gasteiger partial charge in [-0.05, 0) is 45.7 Å². The highest BCUT2D eigenvalue weighted by molar-refractivity contribution is 5.85. The van der Waals surface area contributed by atoms with Gasteiger partial charge in [0.05, 0.1) is 11.7 Å². The molecule has 0 aromatic carbocycles. The van der Waals surface area contributed by atoms with Gasteiger partial charge in [-0.1, -0.05) is 0 Å². The van der Waals surface area contributed by atoms with Crippen LogP contribution in [0.15, 0.2) is 0 Å². The summed E-state index contributed by atoms with van der Waals surface area (Å²) in [6.07, 6.45) is 5.50. The molecular formula is C9H18ClNO. The van der Waals surface area contributed by atoms with E-state index in [-0.39, 0.29) is 18.0 Å². The minimum Gasteiger partial charge on any atom is -0.372 e. The van der Waals surface area contributed by atoms with Crippen molar-refractivity contribution >= 4 is 12.4 Å². The lowest BCUT2D eigenvalue weighted by molar-refractivity contribution is -0.0526. The van der Waals surface area contributed by atoms with Crippen LogP contribution in [0.3, 0.4) is 0 Å². The molecule has 0 bridgehead atoms. The normalized spacial score (nSPS) is 33.2. The third-order valence-electron chi connectivity index (χ3n) is 2.97. The molecule has 2 saturated heterocycles. The van der Waals surface area contributed by atoms with E-state index in [0.717, 1.165) is 13.1 Å². The van der Waals surface area contributed by atoms with Crippen LogP contribution in [0.2, 0.25) is 0 Å². The van der Waals surface area contributed by atoms with Gasteiger partial charge < -0.3 is 10.1 Å². The van der Waals surface area contributed by atoms with Crippen molar-refractivity contribution in [2.75, 3.05) is 13.1 Å². The summed E-state index contributed by atoms with van der Waals surface area (Å²) in [5, 5.41) is 3.37. The van der Waals surface area contributed by atoms with Crippen LogP contribution in [0, 0.1) is 0 Å². The molecule has 0 saturated carbocycles.